The van der Waals surface area contributed by atoms with Crippen molar-refractivity contribution in [2.24, 2.45) is 10.7 Å². The second kappa shape index (κ2) is 3.22. The van der Waals surface area contributed by atoms with E-state index in [1.54, 1.807) is 23.9 Å². The molecule has 0 atom stereocenters. The lowest BCUT2D eigenvalue weighted by Gasteiger charge is -1.91. The van der Waals surface area contributed by atoms with Crippen molar-refractivity contribution >= 4 is 23.2 Å². The molecule has 0 aliphatic carbocycles. The Bertz CT molecular complexity index is 230. The quantitative estimate of drug-likeness (QED) is 0.602. The van der Waals surface area contributed by atoms with Crippen LogP contribution in [0.4, 0.5) is 0 Å². The van der Waals surface area contributed by atoms with E-state index in [2.05, 4.69) is 4.99 Å². The highest BCUT2D eigenvalue weighted by molar-refractivity contribution is 8.16. The van der Waals surface area contributed by atoms with E-state index in [1.807, 2.05) is 0 Å². The van der Waals surface area contributed by atoms with Crippen molar-refractivity contribution in [3.05, 3.63) is 23.3 Å². The third-order valence-corrected chi connectivity index (χ3v) is 1.72. The predicted octanol–water partition coefficient (Wildman–Crippen LogP) is 0.644. The normalized spacial score (nSPS) is 16.2. The van der Waals surface area contributed by atoms with Gasteiger partial charge in [-0.25, -0.2) is 0 Å². The van der Waals surface area contributed by atoms with Crippen molar-refractivity contribution in [2.75, 3.05) is 0 Å². The Hall–Kier alpha value is -1.03. The van der Waals surface area contributed by atoms with E-state index in [-0.39, 0.29) is 0 Å². The fourth-order valence-corrected chi connectivity index (χ4v) is 1.000. The number of hydrogen-bond acceptors (Lipinski definition) is 3. The monoisotopic (exact) mass is 154 g/mol. The van der Waals surface area contributed by atoms with E-state index in [4.69, 9.17) is 5.73 Å². The fourth-order valence-electron chi connectivity index (χ4n) is 0.482. The Morgan fingerprint density at radius 1 is 1.70 bits per heavy atom. The van der Waals surface area contributed by atoms with Crippen LogP contribution < -0.4 is 5.73 Å². The summed E-state index contributed by atoms with van der Waals surface area (Å²) in [4.78, 5) is 14.9. The number of thioether (sulfide) groups is 1. The minimum absolute atomic E-state index is 0.414. The van der Waals surface area contributed by atoms with E-state index >= 15 is 0 Å². The zero-order valence-corrected chi connectivity index (χ0v) is 5.97. The molecule has 0 radical (unpaired) electrons. The van der Waals surface area contributed by atoms with Crippen LogP contribution in [0.5, 0.6) is 0 Å². The lowest BCUT2D eigenvalue weighted by molar-refractivity contribution is -0.113. The van der Waals surface area contributed by atoms with Crippen LogP contribution in [0.2, 0.25) is 0 Å². The summed E-state index contributed by atoms with van der Waals surface area (Å²) in [7, 11) is 0. The van der Waals surface area contributed by atoms with Crippen LogP contribution in [-0.4, -0.2) is 11.5 Å². The first-order chi connectivity index (χ1) is 4.80. The van der Waals surface area contributed by atoms with Crippen molar-refractivity contribution in [2.45, 2.75) is 0 Å². The average Bonchev–Trinajstić information content (AvgIpc) is 2.12. The molecule has 1 aliphatic heterocycles. The highest BCUT2D eigenvalue weighted by atomic mass is 32.2. The summed E-state index contributed by atoms with van der Waals surface area (Å²) < 4.78 is 0. The molecule has 0 bridgehead atoms. The Kier molecular flexibility index (Phi) is 2.28. The van der Waals surface area contributed by atoms with Gasteiger partial charge in [0.25, 0.3) is 5.91 Å². The Balaban J connectivity index is 2.78. The van der Waals surface area contributed by atoms with Gasteiger partial charge in [-0.15, -0.1) is 0 Å². The molecule has 0 aromatic carbocycles. The van der Waals surface area contributed by atoms with E-state index in [0.29, 0.717) is 4.91 Å². The molecule has 0 saturated carbocycles. The lowest BCUT2D eigenvalue weighted by atomic mass is 10.4. The number of nitrogens with zero attached hydrogens (tertiary/aromatic N) is 1. The molecule has 0 aromatic heterocycles. The Labute approximate surface area is 62.7 Å². The minimum atomic E-state index is -0.414. The van der Waals surface area contributed by atoms with Gasteiger partial charge in [0.1, 0.15) is 0 Å². The van der Waals surface area contributed by atoms with Crippen LogP contribution in [0.15, 0.2) is 28.2 Å². The zero-order valence-electron chi connectivity index (χ0n) is 5.15. The number of rotatable bonds is 1. The summed E-state index contributed by atoms with van der Waals surface area (Å²) in [6.45, 7) is 0. The summed E-state index contributed by atoms with van der Waals surface area (Å²) in [6, 6.07) is 0. The molecule has 0 spiro atoms. The molecular formula is C6H6N2OS. The summed E-state index contributed by atoms with van der Waals surface area (Å²) >= 11 is 1.22. The first-order valence-corrected chi connectivity index (χ1v) is 3.53. The zero-order chi connectivity index (χ0) is 7.40. The van der Waals surface area contributed by atoms with E-state index in [9.17, 15) is 4.79 Å². The molecule has 1 amide bonds. The Morgan fingerprint density at radius 2 is 2.50 bits per heavy atom. The van der Waals surface area contributed by atoms with Crippen molar-refractivity contribution in [3.63, 3.8) is 0 Å². The van der Waals surface area contributed by atoms with Crippen molar-refractivity contribution in [1.82, 2.24) is 0 Å². The molecule has 3 nitrogen and oxygen atoms in total. The maximum absolute atomic E-state index is 10.5. The molecule has 0 fully saturated rings. The lowest BCUT2D eigenvalue weighted by Crippen LogP contribution is -2.11. The third-order valence-electron chi connectivity index (χ3n) is 0.903. The number of hydrogen-bond donors (Lipinski definition) is 1. The molecule has 52 valence electrons. The smallest absolute Gasteiger partial charge is 0.255 e. The summed E-state index contributed by atoms with van der Waals surface area (Å²) in [5, 5.41) is 0. The van der Waals surface area contributed by atoms with E-state index < -0.39 is 5.91 Å². The molecular weight excluding hydrogens is 148 g/mol. The van der Waals surface area contributed by atoms with Gasteiger partial charge in [0.15, 0.2) is 0 Å². The Morgan fingerprint density at radius 3 is 3.20 bits per heavy atom. The summed E-state index contributed by atoms with van der Waals surface area (Å²) in [5.74, 6) is -0.414. The fraction of sp³-hybridized carbons (Fsp3) is 0. The second-order valence-corrected chi connectivity index (χ2v) is 2.50. The maximum Gasteiger partial charge on any atom is 0.255 e. The topological polar surface area (TPSA) is 55.5 Å². The number of allylic oxidation sites excluding steroid dienone is 2. The van der Waals surface area contributed by atoms with Gasteiger partial charge < -0.3 is 5.73 Å². The number of carbonyl (C=O) groups is 1. The molecule has 0 unspecified atom stereocenters. The van der Waals surface area contributed by atoms with Crippen molar-refractivity contribution in [1.29, 1.82) is 0 Å². The highest BCUT2D eigenvalue weighted by Crippen LogP contribution is 2.13. The molecule has 10 heavy (non-hydrogen) atoms. The standard InChI is InChI=1S/C6H6N2OS/c7-6(9)5-2-1-3-8-4-10-5/h1-4H,(H2,7,9). The van der Waals surface area contributed by atoms with Gasteiger partial charge in [-0.05, 0) is 12.2 Å². The first-order valence-electron chi connectivity index (χ1n) is 2.65. The second-order valence-electron chi connectivity index (χ2n) is 1.61. The van der Waals surface area contributed by atoms with Gasteiger partial charge in [0.2, 0.25) is 0 Å². The third kappa shape index (κ3) is 1.73. The van der Waals surface area contributed by atoms with Crippen LogP contribution in [0.25, 0.3) is 0 Å². The number of primary amides is 1. The highest BCUT2D eigenvalue weighted by Gasteiger charge is 2.02. The van der Waals surface area contributed by atoms with Crippen LogP contribution in [-0.2, 0) is 4.79 Å². The van der Waals surface area contributed by atoms with Gasteiger partial charge >= 0.3 is 0 Å². The van der Waals surface area contributed by atoms with Gasteiger partial charge in [0.05, 0.1) is 10.5 Å². The van der Waals surface area contributed by atoms with E-state index in [0.717, 1.165) is 0 Å². The van der Waals surface area contributed by atoms with Gasteiger partial charge in [-0.3, -0.25) is 9.79 Å². The predicted molar refractivity (Wildman–Crippen MR) is 42.5 cm³/mol. The van der Waals surface area contributed by atoms with E-state index in [1.165, 1.54) is 11.8 Å². The number of aliphatic imine (C=N–C) groups is 1. The van der Waals surface area contributed by atoms with Crippen LogP contribution >= 0.6 is 11.8 Å². The summed E-state index contributed by atoms with van der Waals surface area (Å²) in [5.41, 5.74) is 6.58. The number of carbonyl (C=O) groups excluding carboxylic acids is 1. The molecule has 4 heteroatoms. The molecule has 1 aliphatic rings. The van der Waals surface area contributed by atoms with Gasteiger partial charge in [-0.1, -0.05) is 11.8 Å². The van der Waals surface area contributed by atoms with Gasteiger partial charge in [0, 0.05) is 6.20 Å². The molecule has 0 saturated heterocycles. The molecule has 1 heterocycles. The molecule has 1 rings (SSSR count). The average molecular weight is 154 g/mol. The molecule has 0 aromatic rings. The summed E-state index contributed by atoms with van der Waals surface area (Å²) in [6.07, 6.45) is 4.92. The van der Waals surface area contributed by atoms with Gasteiger partial charge in [-0.2, -0.15) is 0 Å². The van der Waals surface area contributed by atoms with Crippen LogP contribution in [0.3, 0.4) is 0 Å². The van der Waals surface area contributed by atoms with Crippen LogP contribution in [0, 0.1) is 0 Å². The number of nitrogens with two attached hydrogens (primary N) is 1. The maximum atomic E-state index is 10.5. The van der Waals surface area contributed by atoms with Crippen molar-refractivity contribution < 1.29 is 4.79 Å². The number of amides is 1. The SMILES string of the molecule is NC(=O)C1=CC=CN=CS1. The van der Waals surface area contributed by atoms with Crippen molar-refractivity contribution in [3.8, 4) is 0 Å². The largest absolute Gasteiger partial charge is 0.365 e. The van der Waals surface area contributed by atoms with Crippen LogP contribution in [0.1, 0.15) is 0 Å². The minimum Gasteiger partial charge on any atom is -0.365 e. The first kappa shape index (κ1) is 7.08. The molecule has 2 N–H and O–H groups in total.